The molecule has 3 aromatic rings. The molecule has 0 saturated heterocycles. The Morgan fingerprint density at radius 2 is 1.84 bits per heavy atom. The molecule has 4 rings (SSSR count). The second kappa shape index (κ2) is 4.09. The van der Waals surface area contributed by atoms with Crippen LogP contribution in [0, 0.1) is 0 Å². The summed E-state index contributed by atoms with van der Waals surface area (Å²) < 4.78 is 5.38. The Morgan fingerprint density at radius 1 is 0.947 bits per heavy atom. The highest BCUT2D eigenvalue weighted by Gasteiger charge is 2.08. The van der Waals surface area contributed by atoms with Gasteiger partial charge in [0.05, 0.1) is 6.26 Å². The molecule has 1 aliphatic rings. The highest BCUT2D eigenvalue weighted by Crippen LogP contribution is 2.27. The number of benzene rings is 2. The number of rotatable bonds is 1. The van der Waals surface area contributed by atoms with Gasteiger partial charge in [0.2, 0.25) is 0 Å². The van der Waals surface area contributed by atoms with Crippen molar-refractivity contribution in [2.75, 3.05) is 6.54 Å². The fourth-order valence-corrected chi connectivity index (χ4v) is 2.62. The van der Waals surface area contributed by atoms with E-state index in [9.17, 15) is 0 Å². The van der Waals surface area contributed by atoms with Crippen LogP contribution in [0.4, 0.5) is 0 Å². The summed E-state index contributed by atoms with van der Waals surface area (Å²) in [7, 11) is 0. The highest BCUT2D eigenvalue weighted by molar-refractivity contribution is 5.86. The lowest BCUT2D eigenvalue weighted by molar-refractivity contribution is 0.616. The van der Waals surface area contributed by atoms with E-state index < -0.39 is 0 Å². The lowest BCUT2D eigenvalue weighted by atomic mass is 9.96. The van der Waals surface area contributed by atoms with E-state index >= 15 is 0 Å². The van der Waals surface area contributed by atoms with Crippen molar-refractivity contribution in [3.05, 3.63) is 59.9 Å². The van der Waals surface area contributed by atoms with Gasteiger partial charge in [-0.1, -0.05) is 24.3 Å². The first-order valence-corrected chi connectivity index (χ1v) is 6.50. The molecule has 19 heavy (non-hydrogen) atoms. The van der Waals surface area contributed by atoms with Crippen LogP contribution in [0.25, 0.3) is 22.1 Å². The first-order valence-electron chi connectivity index (χ1n) is 6.50. The minimum absolute atomic E-state index is 0.900. The molecule has 0 atom stereocenters. The topological polar surface area (TPSA) is 25.5 Å². The fraction of sp³-hybridized carbons (Fsp3) is 0.118. The molecule has 1 aliphatic heterocycles. The van der Waals surface area contributed by atoms with Gasteiger partial charge in [0.1, 0.15) is 5.58 Å². The molecule has 2 heterocycles. The molecule has 1 aromatic heterocycles. The summed E-state index contributed by atoms with van der Waals surface area (Å²) in [6.07, 6.45) is 4.74. The molecule has 0 bridgehead atoms. The molecule has 0 N–H and O–H groups in total. The van der Waals surface area contributed by atoms with Gasteiger partial charge in [-0.15, -0.1) is 0 Å². The quantitative estimate of drug-likeness (QED) is 0.636. The number of furan rings is 1. The molecular weight excluding hydrogens is 234 g/mol. The maximum atomic E-state index is 5.38. The Bertz CT molecular complexity index is 783. The van der Waals surface area contributed by atoms with Gasteiger partial charge in [-0.25, -0.2) is 0 Å². The Hall–Kier alpha value is -2.35. The number of fused-ring (bicyclic) bond motifs is 2. The van der Waals surface area contributed by atoms with Crippen molar-refractivity contribution < 1.29 is 4.42 Å². The van der Waals surface area contributed by atoms with E-state index in [1.807, 2.05) is 18.3 Å². The normalized spacial score (nSPS) is 13.7. The summed E-state index contributed by atoms with van der Waals surface area (Å²) in [4.78, 5) is 4.32. The second-order valence-corrected chi connectivity index (χ2v) is 4.87. The van der Waals surface area contributed by atoms with Crippen molar-refractivity contribution in [2.45, 2.75) is 6.42 Å². The monoisotopic (exact) mass is 247 g/mol. The Morgan fingerprint density at radius 3 is 2.84 bits per heavy atom. The standard InChI is InChI=1S/C17H13NO/c1-2-16-11-18-7-5-14(16)9-12(1)13-3-4-17-15(10-13)6-8-19-17/h1-4,6,8-11H,5,7H2. The van der Waals surface area contributed by atoms with E-state index in [4.69, 9.17) is 4.42 Å². The van der Waals surface area contributed by atoms with Gasteiger partial charge in [-0.2, -0.15) is 0 Å². The van der Waals surface area contributed by atoms with Crippen LogP contribution in [0.15, 0.2) is 58.1 Å². The van der Waals surface area contributed by atoms with Crippen LogP contribution in [0.2, 0.25) is 0 Å². The summed E-state index contributed by atoms with van der Waals surface area (Å²) in [5, 5.41) is 1.15. The lowest BCUT2D eigenvalue weighted by Crippen LogP contribution is -2.02. The largest absolute Gasteiger partial charge is 0.464 e. The second-order valence-electron chi connectivity index (χ2n) is 4.87. The third-order valence-corrected chi connectivity index (χ3v) is 3.67. The van der Waals surface area contributed by atoms with Crippen molar-refractivity contribution >= 4 is 17.2 Å². The Kier molecular flexibility index (Phi) is 2.27. The molecular formula is C17H13NO. The Labute approximate surface area is 111 Å². The number of hydrogen-bond donors (Lipinski definition) is 0. The molecule has 2 aromatic carbocycles. The van der Waals surface area contributed by atoms with Crippen molar-refractivity contribution in [1.82, 2.24) is 0 Å². The van der Waals surface area contributed by atoms with Gasteiger partial charge in [-0.3, -0.25) is 4.99 Å². The minimum Gasteiger partial charge on any atom is -0.464 e. The Balaban J connectivity index is 1.84. The molecule has 0 radical (unpaired) electrons. The summed E-state index contributed by atoms with van der Waals surface area (Å²) in [5.41, 5.74) is 6.07. The molecule has 0 saturated carbocycles. The number of nitrogens with zero attached hydrogens (tertiary/aromatic N) is 1. The van der Waals surface area contributed by atoms with Crippen LogP contribution in [0.3, 0.4) is 0 Å². The first-order chi connectivity index (χ1) is 9.40. The van der Waals surface area contributed by atoms with Gasteiger partial charge in [0.15, 0.2) is 0 Å². The average molecular weight is 247 g/mol. The molecule has 0 fully saturated rings. The van der Waals surface area contributed by atoms with Gasteiger partial charge in [-0.05, 0) is 46.9 Å². The zero-order valence-corrected chi connectivity index (χ0v) is 10.5. The average Bonchev–Trinajstić information content (AvgIpc) is 2.94. The van der Waals surface area contributed by atoms with Gasteiger partial charge in [0, 0.05) is 18.1 Å². The predicted octanol–water partition coefficient (Wildman–Crippen LogP) is 4.07. The van der Waals surface area contributed by atoms with Crippen LogP contribution in [0.1, 0.15) is 11.1 Å². The molecule has 0 aliphatic carbocycles. The summed E-state index contributed by atoms with van der Waals surface area (Å²) >= 11 is 0. The van der Waals surface area contributed by atoms with Crippen molar-refractivity contribution in [3.8, 4) is 11.1 Å². The molecule has 0 unspecified atom stereocenters. The maximum Gasteiger partial charge on any atom is 0.133 e. The predicted molar refractivity (Wildman–Crippen MR) is 77.8 cm³/mol. The zero-order chi connectivity index (χ0) is 12.7. The minimum atomic E-state index is 0.900. The van der Waals surface area contributed by atoms with Crippen LogP contribution in [-0.2, 0) is 6.42 Å². The van der Waals surface area contributed by atoms with Crippen LogP contribution in [0.5, 0.6) is 0 Å². The number of aliphatic imine (C=N–C) groups is 1. The van der Waals surface area contributed by atoms with Gasteiger partial charge in [0.25, 0.3) is 0 Å². The van der Waals surface area contributed by atoms with E-state index in [-0.39, 0.29) is 0 Å². The van der Waals surface area contributed by atoms with E-state index in [0.717, 1.165) is 23.9 Å². The third kappa shape index (κ3) is 1.76. The molecule has 2 nitrogen and oxygen atoms in total. The van der Waals surface area contributed by atoms with Crippen LogP contribution >= 0.6 is 0 Å². The van der Waals surface area contributed by atoms with Crippen molar-refractivity contribution in [3.63, 3.8) is 0 Å². The van der Waals surface area contributed by atoms with E-state index in [1.54, 1.807) is 6.26 Å². The maximum absolute atomic E-state index is 5.38. The smallest absolute Gasteiger partial charge is 0.133 e. The van der Waals surface area contributed by atoms with Gasteiger partial charge >= 0.3 is 0 Å². The van der Waals surface area contributed by atoms with Gasteiger partial charge < -0.3 is 4.42 Å². The van der Waals surface area contributed by atoms with Crippen LogP contribution < -0.4 is 0 Å². The highest BCUT2D eigenvalue weighted by atomic mass is 16.3. The van der Waals surface area contributed by atoms with Crippen LogP contribution in [-0.4, -0.2) is 12.8 Å². The SMILES string of the molecule is C1=NCCc2cc(-c3ccc4occc4c3)ccc21. The molecule has 2 heteroatoms. The number of hydrogen-bond acceptors (Lipinski definition) is 2. The molecule has 92 valence electrons. The molecule has 0 amide bonds. The molecule has 0 spiro atoms. The summed E-state index contributed by atoms with van der Waals surface area (Å²) in [6.45, 7) is 0.900. The van der Waals surface area contributed by atoms with E-state index in [0.29, 0.717) is 0 Å². The fourth-order valence-electron chi connectivity index (χ4n) is 2.62. The third-order valence-electron chi connectivity index (χ3n) is 3.67. The summed E-state index contributed by atoms with van der Waals surface area (Å²) in [5.74, 6) is 0. The van der Waals surface area contributed by atoms with Crippen molar-refractivity contribution in [1.29, 1.82) is 0 Å². The first kappa shape index (κ1) is 10.6. The lowest BCUT2D eigenvalue weighted by Gasteiger charge is -2.11. The van der Waals surface area contributed by atoms with Crippen molar-refractivity contribution in [2.24, 2.45) is 4.99 Å². The zero-order valence-electron chi connectivity index (χ0n) is 10.5. The van der Waals surface area contributed by atoms with E-state index in [2.05, 4.69) is 35.3 Å². The van der Waals surface area contributed by atoms with E-state index in [1.165, 1.54) is 22.3 Å². The summed E-state index contributed by atoms with van der Waals surface area (Å²) in [6, 6.07) is 14.9.